The molecule has 1 rings (SSSR count). The number of aromatic nitrogens is 1. The standard InChI is InChI=1S/C8H13N3OS/c1-3-5-7(8(12)11-9)13-6(4-2)10-5/h3-4,9H2,1-2H3,(H,11,12). The van der Waals surface area contributed by atoms with Gasteiger partial charge in [-0.2, -0.15) is 0 Å². The normalized spacial score (nSPS) is 10.1. The number of rotatable bonds is 3. The van der Waals surface area contributed by atoms with Crippen LogP contribution in [0.4, 0.5) is 0 Å². The molecule has 1 aromatic rings. The van der Waals surface area contributed by atoms with Crippen molar-refractivity contribution in [3.05, 3.63) is 15.6 Å². The maximum atomic E-state index is 11.3. The summed E-state index contributed by atoms with van der Waals surface area (Å²) in [5.74, 6) is 4.82. The summed E-state index contributed by atoms with van der Waals surface area (Å²) in [7, 11) is 0. The monoisotopic (exact) mass is 199 g/mol. The van der Waals surface area contributed by atoms with Gasteiger partial charge in [0.05, 0.1) is 10.7 Å². The molecule has 0 saturated carbocycles. The lowest BCUT2D eigenvalue weighted by molar-refractivity contribution is 0.0956. The lowest BCUT2D eigenvalue weighted by Crippen LogP contribution is -2.30. The van der Waals surface area contributed by atoms with Crippen molar-refractivity contribution in [1.29, 1.82) is 0 Å². The number of carbonyl (C=O) groups excluding carboxylic acids is 1. The quantitative estimate of drug-likeness (QED) is 0.431. The van der Waals surface area contributed by atoms with Gasteiger partial charge >= 0.3 is 0 Å². The number of carbonyl (C=O) groups is 1. The van der Waals surface area contributed by atoms with E-state index < -0.39 is 0 Å². The first-order valence-corrected chi connectivity index (χ1v) is 5.04. The Morgan fingerprint density at radius 3 is 2.69 bits per heavy atom. The van der Waals surface area contributed by atoms with E-state index in [0.29, 0.717) is 4.88 Å². The average molecular weight is 199 g/mol. The average Bonchev–Trinajstić information content (AvgIpc) is 2.59. The highest BCUT2D eigenvalue weighted by Crippen LogP contribution is 2.19. The smallest absolute Gasteiger partial charge is 0.277 e. The zero-order chi connectivity index (χ0) is 9.84. The van der Waals surface area contributed by atoms with Gasteiger partial charge in [0.1, 0.15) is 4.88 Å². The van der Waals surface area contributed by atoms with Gasteiger partial charge in [-0.3, -0.25) is 10.2 Å². The van der Waals surface area contributed by atoms with Gasteiger partial charge in [0.2, 0.25) is 0 Å². The summed E-state index contributed by atoms with van der Waals surface area (Å²) in [5, 5.41) is 0.982. The first kappa shape index (κ1) is 10.1. The number of hydrogen-bond acceptors (Lipinski definition) is 4. The summed E-state index contributed by atoms with van der Waals surface area (Å²) >= 11 is 1.41. The van der Waals surface area contributed by atoms with Crippen LogP contribution in [-0.2, 0) is 12.8 Å². The molecule has 0 radical (unpaired) electrons. The fourth-order valence-electron chi connectivity index (χ4n) is 1.03. The third kappa shape index (κ3) is 2.05. The van der Waals surface area contributed by atoms with E-state index in [2.05, 4.69) is 10.4 Å². The van der Waals surface area contributed by atoms with Gasteiger partial charge in [-0.1, -0.05) is 13.8 Å². The molecule has 4 nitrogen and oxygen atoms in total. The number of nitrogens with one attached hydrogen (secondary N) is 1. The summed E-state index contributed by atoms with van der Waals surface area (Å²) in [6.45, 7) is 3.99. The van der Waals surface area contributed by atoms with Gasteiger partial charge in [-0.05, 0) is 12.8 Å². The van der Waals surface area contributed by atoms with E-state index in [1.807, 2.05) is 13.8 Å². The van der Waals surface area contributed by atoms with Crippen LogP contribution in [0.5, 0.6) is 0 Å². The van der Waals surface area contributed by atoms with Gasteiger partial charge in [0, 0.05) is 0 Å². The minimum Gasteiger partial charge on any atom is -0.289 e. The number of hydrazine groups is 1. The molecule has 0 aliphatic rings. The van der Waals surface area contributed by atoms with E-state index in [4.69, 9.17) is 5.84 Å². The number of nitrogen functional groups attached to an aromatic ring is 1. The Morgan fingerprint density at radius 1 is 1.54 bits per heavy atom. The van der Waals surface area contributed by atoms with E-state index in [9.17, 15) is 4.79 Å². The molecular weight excluding hydrogens is 186 g/mol. The molecule has 0 spiro atoms. The summed E-state index contributed by atoms with van der Waals surface area (Å²) in [6.07, 6.45) is 1.62. The van der Waals surface area contributed by atoms with E-state index in [1.54, 1.807) is 0 Å². The zero-order valence-corrected chi connectivity index (χ0v) is 8.57. The van der Waals surface area contributed by atoms with Crippen LogP contribution in [-0.4, -0.2) is 10.9 Å². The predicted octanol–water partition coefficient (Wildman–Crippen LogP) is 0.871. The summed E-state index contributed by atoms with van der Waals surface area (Å²) in [6, 6.07) is 0. The van der Waals surface area contributed by atoms with Crippen LogP contribution in [0.25, 0.3) is 0 Å². The maximum Gasteiger partial charge on any atom is 0.277 e. The van der Waals surface area contributed by atoms with Crippen LogP contribution >= 0.6 is 11.3 Å². The Labute approximate surface area is 81.1 Å². The molecule has 1 amide bonds. The Morgan fingerprint density at radius 2 is 2.23 bits per heavy atom. The van der Waals surface area contributed by atoms with Crippen molar-refractivity contribution in [2.75, 3.05) is 0 Å². The minimum atomic E-state index is -0.242. The van der Waals surface area contributed by atoms with Crippen LogP contribution < -0.4 is 11.3 Å². The van der Waals surface area contributed by atoms with Gasteiger partial charge < -0.3 is 0 Å². The van der Waals surface area contributed by atoms with Gasteiger partial charge in [-0.25, -0.2) is 10.8 Å². The lowest BCUT2D eigenvalue weighted by Gasteiger charge is -1.95. The number of nitrogens with two attached hydrogens (primary N) is 1. The summed E-state index contributed by atoms with van der Waals surface area (Å²) < 4.78 is 0. The van der Waals surface area contributed by atoms with Crippen molar-refractivity contribution >= 4 is 17.2 Å². The van der Waals surface area contributed by atoms with Crippen molar-refractivity contribution in [3.8, 4) is 0 Å². The summed E-state index contributed by atoms with van der Waals surface area (Å²) in [5.41, 5.74) is 2.96. The molecule has 0 unspecified atom stereocenters. The maximum absolute atomic E-state index is 11.3. The Kier molecular flexibility index (Phi) is 3.39. The van der Waals surface area contributed by atoms with Crippen LogP contribution in [0.3, 0.4) is 0 Å². The molecule has 1 aromatic heterocycles. The molecule has 0 bridgehead atoms. The minimum absolute atomic E-state index is 0.242. The van der Waals surface area contributed by atoms with Crippen molar-refractivity contribution in [2.45, 2.75) is 26.7 Å². The highest BCUT2D eigenvalue weighted by Gasteiger charge is 2.14. The molecular formula is C8H13N3OS. The molecule has 0 aromatic carbocycles. The number of hydrogen-bond donors (Lipinski definition) is 2. The fourth-order valence-corrected chi connectivity index (χ4v) is 2.03. The number of thiazole rings is 1. The fraction of sp³-hybridized carbons (Fsp3) is 0.500. The first-order valence-electron chi connectivity index (χ1n) is 4.22. The molecule has 72 valence electrons. The molecule has 0 saturated heterocycles. The molecule has 0 aliphatic heterocycles. The Hall–Kier alpha value is -0.940. The lowest BCUT2D eigenvalue weighted by atomic mass is 10.3. The molecule has 13 heavy (non-hydrogen) atoms. The molecule has 5 heteroatoms. The molecule has 1 heterocycles. The van der Waals surface area contributed by atoms with Crippen molar-refractivity contribution < 1.29 is 4.79 Å². The first-order chi connectivity index (χ1) is 6.22. The second-order valence-corrected chi connectivity index (χ2v) is 3.65. The second kappa shape index (κ2) is 4.34. The number of aryl methyl sites for hydroxylation is 2. The van der Waals surface area contributed by atoms with Crippen LogP contribution in [0.15, 0.2) is 0 Å². The van der Waals surface area contributed by atoms with Crippen molar-refractivity contribution in [3.63, 3.8) is 0 Å². The molecule has 0 atom stereocenters. The van der Waals surface area contributed by atoms with E-state index in [-0.39, 0.29) is 5.91 Å². The number of nitrogens with zero attached hydrogens (tertiary/aromatic N) is 1. The van der Waals surface area contributed by atoms with Crippen LogP contribution in [0.1, 0.15) is 34.2 Å². The van der Waals surface area contributed by atoms with Gasteiger partial charge in [0.15, 0.2) is 0 Å². The number of amides is 1. The van der Waals surface area contributed by atoms with Crippen molar-refractivity contribution in [1.82, 2.24) is 10.4 Å². The Bertz CT molecular complexity index is 308. The van der Waals surface area contributed by atoms with Gasteiger partial charge in [0.25, 0.3) is 5.91 Å². The van der Waals surface area contributed by atoms with Crippen LogP contribution in [0, 0.1) is 0 Å². The third-order valence-corrected chi connectivity index (χ3v) is 2.96. The molecule has 3 N–H and O–H groups in total. The second-order valence-electron chi connectivity index (χ2n) is 2.56. The predicted molar refractivity (Wildman–Crippen MR) is 52.5 cm³/mol. The highest BCUT2D eigenvalue weighted by molar-refractivity contribution is 7.13. The van der Waals surface area contributed by atoms with E-state index >= 15 is 0 Å². The van der Waals surface area contributed by atoms with Crippen LogP contribution in [0.2, 0.25) is 0 Å². The Balaban J connectivity index is 3.03. The molecule has 0 aliphatic carbocycles. The third-order valence-electron chi connectivity index (χ3n) is 1.72. The summed E-state index contributed by atoms with van der Waals surface area (Å²) in [4.78, 5) is 16.2. The highest BCUT2D eigenvalue weighted by atomic mass is 32.1. The van der Waals surface area contributed by atoms with Crippen molar-refractivity contribution in [2.24, 2.45) is 5.84 Å². The largest absolute Gasteiger partial charge is 0.289 e. The topological polar surface area (TPSA) is 68.0 Å². The van der Waals surface area contributed by atoms with E-state index in [0.717, 1.165) is 23.5 Å². The van der Waals surface area contributed by atoms with E-state index in [1.165, 1.54) is 11.3 Å². The SMILES string of the molecule is CCc1nc(CC)c(C(=O)NN)s1. The molecule has 0 fully saturated rings. The zero-order valence-electron chi connectivity index (χ0n) is 7.76. The van der Waals surface area contributed by atoms with Gasteiger partial charge in [-0.15, -0.1) is 11.3 Å².